The molecule has 2 amide bonds. The molecule has 1 aromatic heterocycles. The third-order valence-electron chi connectivity index (χ3n) is 4.77. The molecular formula is C19H26N4O2. The summed E-state index contributed by atoms with van der Waals surface area (Å²) in [4.78, 5) is 14.0. The Hall–Kier alpha value is -2.34. The maximum Gasteiger partial charge on any atom is 0.317 e. The molecule has 3 rings (SSSR count). The summed E-state index contributed by atoms with van der Waals surface area (Å²) >= 11 is 0. The molecule has 0 bridgehead atoms. The number of aliphatic hydroxyl groups is 1. The van der Waals surface area contributed by atoms with Gasteiger partial charge in [0.1, 0.15) is 0 Å². The molecule has 25 heavy (non-hydrogen) atoms. The number of rotatable bonds is 6. The lowest BCUT2D eigenvalue weighted by Gasteiger charge is -2.28. The van der Waals surface area contributed by atoms with Crippen molar-refractivity contribution >= 4 is 6.03 Å². The molecule has 0 radical (unpaired) electrons. The first kappa shape index (κ1) is 17.5. The van der Waals surface area contributed by atoms with E-state index in [9.17, 15) is 4.79 Å². The first-order valence-corrected chi connectivity index (χ1v) is 8.97. The van der Waals surface area contributed by atoms with Crippen LogP contribution in [0.2, 0.25) is 0 Å². The molecule has 0 saturated heterocycles. The first-order valence-electron chi connectivity index (χ1n) is 8.97. The van der Waals surface area contributed by atoms with Crippen molar-refractivity contribution < 1.29 is 9.90 Å². The van der Waals surface area contributed by atoms with Crippen LogP contribution in [0.5, 0.6) is 0 Å². The van der Waals surface area contributed by atoms with Gasteiger partial charge in [-0.3, -0.25) is 4.68 Å². The van der Waals surface area contributed by atoms with Gasteiger partial charge in [-0.15, -0.1) is 0 Å². The first-order chi connectivity index (χ1) is 12.2. The summed E-state index contributed by atoms with van der Waals surface area (Å²) in [6.07, 6.45) is 4.84. The second-order valence-corrected chi connectivity index (χ2v) is 6.39. The fourth-order valence-corrected chi connectivity index (χ4v) is 3.43. The highest BCUT2D eigenvalue weighted by molar-refractivity contribution is 5.74. The van der Waals surface area contributed by atoms with Gasteiger partial charge in [-0.25, -0.2) is 4.79 Å². The van der Waals surface area contributed by atoms with Crippen LogP contribution in [0.3, 0.4) is 0 Å². The smallest absolute Gasteiger partial charge is 0.317 e. The average Bonchev–Trinajstić information content (AvgIpc) is 3.04. The Morgan fingerprint density at radius 2 is 2.20 bits per heavy atom. The normalized spacial score (nSPS) is 16.3. The Kier molecular flexibility index (Phi) is 5.71. The van der Waals surface area contributed by atoms with Gasteiger partial charge in [0.05, 0.1) is 25.4 Å². The monoisotopic (exact) mass is 342 g/mol. The molecule has 0 saturated carbocycles. The van der Waals surface area contributed by atoms with E-state index in [1.807, 2.05) is 36.0 Å². The molecule has 0 spiro atoms. The lowest BCUT2D eigenvalue weighted by molar-refractivity contribution is 0.176. The van der Waals surface area contributed by atoms with Crippen LogP contribution < -0.4 is 5.32 Å². The van der Waals surface area contributed by atoms with Crippen molar-refractivity contribution in [3.63, 3.8) is 0 Å². The third kappa shape index (κ3) is 4.02. The fourth-order valence-electron chi connectivity index (χ4n) is 3.43. The van der Waals surface area contributed by atoms with Gasteiger partial charge in [0.15, 0.2) is 0 Å². The van der Waals surface area contributed by atoms with Crippen LogP contribution in [0.4, 0.5) is 4.79 Å². The van der Waals surface area contributed by atoms with Gasteiger partial charge in [-0.1, -0.05) is 30.3 Å². The second-order valence-electron chi connectivity index (χ2n) is 6.39. The number of benzene rings is 1. The molecular weight excluding hydrogens is 316 g/mol. The number of likely N-dealkylation sites (N-methyl/N-ethyl adjacent to an activating group) is 1. The lowest BCUT2D eigenvalue weighted by atomic mass is 9.93. The van der Waals surface area contributed by atoms with Crippen LogP contribution in [-0.2, 0) is 13.0 Å². The predicted octanol–water partition coefficient (Wildman–Crippen LogP) is 2.33. The summed E-state index contributed by atoms with van der Waals surface area (Å²) in [6, 6.07) is 10.2. The topological polar surface area (TPSA) is 70.4 Å². The van der Waals surface area contributed by atoms with E-state index in [1.54, 1.807) is 4.90 Å². The van der Waals surface area contributed by atoms with Crippen LogP contribution in [0.25, 0.3) is 0 Å². The van der Waals surface area contributed by atoms with Crippen LogP contribution in [0, 0.1) is 0 Å². The van der Waals surface area contributed by atoms with E-state index in [2.05, 4.69) is 22.5 Å². The molecule has 1 aromatic carbocycles. The Labute approximate surface area is 148 Å². The molecule has 1 aliphatic carbocycles. The Morgan fingerprint density at radius 1 is 1.40 bits per heavy atom. The zero-order valence-corrected chi connectivity index (χ0v) is 14.7. The predicted molar refractivity (Wildman–Crippen MR) is 96.3 cm³/mol. The minimum atomic E-state index is -0.120. The zero-order valence-electron chi connectivity index (χ0n) is 14.7. The molecule has 1 aliphatic rings. The highest BCUT2D eigenvalue weighted by Gasteiger charge is 2.26. The minimum Gasteiger partial charge on any atom is -0.395 e. The van der Waals surface area contributed by atoms with Crippen LogP contribution >= 0.6 is 0 Å². The van der Waals surface area contributed by atoms with Gasteiger partial charge in [-0.2, -0.15) is 5.10 Å². The largest absolute Gasteiger partial charge is 0.395 e. The minimum absolute atomic E-state index is 0.00600. The summed E-state index contributed by atoms with van der Waals surface area (Å²) in [5.41, 5.74) is 3.56. The Balaban J connectivity index is 1.73. The number of nitrogens with zero attached hydrogens (tertiary/aromatic N) is 3. The van der Waals surface area contributed by atoms with E-state index in [0.717, 1.165) is 31.4 Å². The highest BCUT2D eigenvalue weighted by Crippen LogP contribution is 2.30. The lowest BCUT2D eigenvalue weighted by Crippen LogP contribution is -2.43. The SMILES string of the molecule is CCN(CCO)C(=O)N[C@H]1CCCc2c1cnn2Cc1ccccc1. The molecule has 0 fully saturated rings. The number of nitrogens with one attached hydrogen (secondary N) is 1. The number of hydrogen-bond acceptors (Lipinski definition) is 3. The number of carbonyl (C=O) groups is 1. The average molecular weight is 342 g/mol. The van der Waals surface area contributed by atoms with Crippen molar-refractivity contribution in [2.24, 2.45) is 0 Å². The number of aliphatic hydroxyl groups excluding tert-OH is 1. The molecule has 0 unspecified atom stereocenters. The number of hydrogen-bond donors (Lipinski definition) is 2. The summed E-state index contributed by atoms with van der Waals surface area (Å²) < 4.78 is 2.05. The van der Waals surface area contributed by atoms with Gasteiger partial charge in [0, 0.05) is 24.3 Å². The Morgan fingerprint density at radius 3 is 2.92 bits per heavy atom. The van der Waals surface area contributed by atoms with Gasteiger partial charge >= 0.3 is 6.03 Å². The molecule has 134 valence electrons. The van der Waals surface area contributed by atoms with E-state index in [1.165, 1.54) is 11.3 Å². The zero-order chi connectivity index (χ0) is 17.6. The highest BCUT2D eigenvalue weighted by atomic mass is 16.3. The molecule has 2 N–H and O–H groups in total. The van der Waals surface area contributed by atoms with Crippen molar-refractivity contribution in [3.05, 3.63) is 53.3 Å². The van der Waals surface area contributed by atoms with E-state index < -0.39 is 0 Å². The van der Waals surface area contributed by atoms with Gasteiger partial charge in [-0.05, 0) is 31.7 Å². The second kappa shape index (κ2) is 8.16. The van der Waals surface area contributed by atoms with Gasteiger partial charge < -0.3 is 15.3 Å². The van der Waals surface area contributed by atoms with E-state index in [-0.39, 0.29) is 18.7 Å². The van der Waals surface area contributed by atoms with Gasteiger partial charge in [0.25, 0.3) is 0 Å². The molecule has 6 heteroatoms. The van der Waals surface area contributed by atoms with E-state index >= 15 is 0 Å². The number of carbonyl (C=O) groups excluding carboxylic acids is 1. The van der Waals surface area contributed by atoms with E-state index in [0.29, 0.717) is 13.1 Å². The van der Waals surface area contributed by atoms with Crippen LogP contribution in [0.1, 0.15) is 42.6 Å². The van der Waals surface area contributed by atoms with Crippen molar-refractivity contribution in [2.45, 2.75) is 38.8 Å². The summed E-state index contributed by atoms with van der Waals surface area (Å²) in [6.45, 7) is 3.59. The molecule has 2 aromatic rings. The molecule has 6 nitrogen and oxygen atoms in total. The van der Waals surface area contributed by atoms with Crippen LogP contribution in [-0.4, -0.2) is 45.5 Å². The van der Waals surface area contributed by atoms with Gasteiger partial charge in [0.2, 0.25) is 0 Å². The molecule has 0 aliphatic heterocycles. The van der Waals surface area contributed by atoms with Crippen molar-refractivity contribution in [1.82, 2.24) is 20.0 Å². The number of aromatic nitrogens is 2. The van der Waals surface area contributed by atoms with Crippen LogP contribution in [0.15, 0.2) is 36.5 Å². The number of urea groups is 1. The third-order valence-corrected chi connectivity index (χ3v) is 4.77. The van der Waals surface area contributed by atoms with Crippen molar-refractivity contribution in [1.29, 1.82) is 0 Å². The summed E-state index contributed by atoms with van der Waals surface area (Å²) in [5, 5.41) is 16.8. The van der Waals surface area contributed by atoms with Crippen molar-refractivity contribution in [2.75, 3.05) is 19.7 Å². The summed E-state index contributed by atoms with van der Waals surface area (Å²) in [5.74, 6) is 0. The maximum absolute atomic E-state index is 12.4. The maximum atomic E-state index is 12.4. The number of amides is 2. The Bertz CT molecular complexity index is 699. The van der Waals surface area contributed by atoms with E-state index in [4.69, 9.17) is 5.11 Å². The van der Waals surface area contributed by atoms with Crippen molar-refractivity contribution in [3.8, 4) is 0 Å². The standard InChI is InChI=1S/C19H26N4O2/c1-2-22(11-12-24)19(25)21-17-9-6-10-18-16(17)13-20-23(18)14-15-7-4-3-5-8-15/h3-5,7-8,13,17,24H,2,6,9-12,14H2,1H3,(H,21,25)/t17-/m0/s1. The molecule has 1 atom stereocenters. The summed E-state index contributed by atoms with van der Waals surface area (Å²) in [7, 11) is 0. The quantitative estimate of drug-likeness (QED) is 0.846. The molecule has 1 heterocycles. The number of fused-ring (bicyclic) bond motifs is 1. The fraction of sp³-hybridized carbons (Fsp3) is 0.474.